The number of aromatic nitrogens is 1. The Hall–Kier alpha value is -1.88. The van der Waals surface area contributed by atoms with Crippen LogP contribution >= 0.6 is 22.9 Å². The van der Waals surface area contributed by atoms with Crippen LogP contribution in [0.5, 0.6) is 0 Å². The van der Waals surface area contributed by atoms with E-state index in [4.69, 9.17) is 4.42 Å². The number of aryl methyl sites for hydroxylation is 1. The summed E-state index contributed by atoms with van der Waals surface area (Å²) < 4.78 is 8.36. The first kappa shape index (κ1) is 15.4. The van der Waals surface area contributed by atoms with E-state index in [0.717, 1.165) is 11.2 Å². The maximum absolute atomic E-state index is 6.16. The predicted octanol–water partition coefficient (Wildman–Crippen LogP) is 6.42. The monoisotopic (exact) mass is 440 g/mol. The average Bonchev–Trinajstić information content (AvgIpc) is 2.93. The fourth-order valence-electron chi connectivity index (χ4n) is 4.04. The molecular weight excluding hydrogens is 421 g/mol. The van der Waals surface area contributed by atoms with Gasteiger partial charge in [-0.25, -0.2) is 0 Å². The molecule has 0 unspecified atom stereocenters. The highest BCUT2D eigenvalue weighted by atomic mass is 127. The van der Waals surface area contributed by atoms with Crippen molar-refractivity contribution in [3.63, 3.8) is 0 Å². The Kier molecular flexibility index (Phi) is 2.98. The maximum atomic E-state index is 6.16. The normalized spacial score (nSPS) is 13.0. The van der Waals surface area contributed by atoms with Crippen molar-refractivity contribution < 1.29 is 7.20 Å². The number of pyridine rings is 1. The van der Waals surface area contributed by atoms with E-state index < -0.39 is 0 Å². The number of benzene rings is 3. The third-order valence-corrected chi connectivity index (χ3v) is 6.08. The summed E-state index contributed by atoms with van der Waals surface area (Å²) in [6, 6.07) is 13.2. The van der Waals surface area contributed by atoms with Gasteiger partial charge in [-0.15, -0.1) is 2.78 Å². The lowest BCUT2D eigenvalue weighted by atomic mass is 9.83. The smallest absolute Gasteiger partial charge is 0.354 e. The lowest BCUT2D eigenvalue weighted by Gasteiger charge is -2.21. The number of fused-ring (bicyclic) bond motifs is 3. The molecule has 0 bridgehead atoms. The molecule has 0 spiro atoms. The van der Waals surface area contributed by atoms with Gasteiger partial charge in [-0.2, -0.15) is 0 Å². The highest BCUT2D eigenvalue weighted by molar-refractivity contribution is 14.1. The minimum absolute atomic E-state index is 0.122. The molecule has 25 heavy (non-hydrogen) atoms. The largest absolute Gasteiger partial charge is 0.456 e. The summed E-state index contributed by atoms with van der Waals surface area (Å²) in [4.78, 5) is 0. The third-order valence-electron chi connectivity index (χ3n) is 5.28. The zero-order valence-corrected chi connectivity index (χ0v) is 16.9. The molecule has 5 aromatic rings. The summed E-state index contributed by atoms with van der Waals surface area (Å²) in [5.41, 5.74) is 6.01. The van der Waals surface area contributed by atoms with Gasteiger partial charge in [0, 0.05) is 11.5 Å². The van der Waals surface area contributed by atoms with Crippen molar-refractivity contribution in [2.45, 2.75) is 33.1 Å². The Balaban J connectivity index is 2.18. The quantitative estimate of drug-likeness (QED) is 0.201. The zero-order chi connectivity index (χ0) is 17.5. The van der Waals surface area contributed by atoms with E-state index in [1.165, 1.54) is 43.6 Å². The predicted molar refractivity (Wildman–Crippen MR) is 113 cm³/mol. The molecule has 0 amide bonds. The fourth-order valence-corrected chi connectivity index (χ4v) is 4.68. The van der Waals surface area contributed by atoms with Gasteiger partial charge in [0.15, 0.2) is 6.20 Å². The molecule has 2 heterocycles. The van der Waals surface area contributed by atoms with Crippen LogP contribution in [0, 0.1) is 6.92 Å². The summed E-state index contributed by atoms with van der Waals surface area (Å²) >= 11 is 2.38. The Morgan fingerprint density at radius 2 is 1.68 bits per heavy atom. The van der Waals surface area contributed by atoms with Crippen LogP contribution in [0.25, 0.3) is 43.6 Å². The van der Waals surface area contributed by atoms with Crippen molar-refractivity contribution >= 4 is 66.5 Å². The van der Waals surface area contributed by atoms with Gasteiger partial charge >= 0.3 is 22.9 Å². The van der Waals surface area contributed by atoms with Crippen molar-refractivity contribution in [2.75, 3.05) is 0 Å². The van der Waals surface area contributed by atoms with E-state index in [-0.39, 0.29) is 5.41 Å². The molecule has 3 aromatic carbocycles. The highest BCUT2D eigenvalue weighted by Crippen LogP contribution is 2.43. The first-order chi connectivity index (χ1) is 11.9. The van der Waals surface area contributed by atoms with Crippen LogP contribution < -0.4 is 2.78 Å². The van der Waals surface area contributed by atoms with Crippen LogP contribution in [0.4, 0.5) is 0 Å². The summed E-state index contributed by atoms with van der Waals surface area (Å²) in [6.45, 7) is 9.06. The number of rotatable bonds is 0. The number of hydrogen-bond donors (Lipinski definition) is 0. The minimum atomic E-state index is 0.122. The van der Waals surface area contributed by atoms with Crippen molar-refractivity contribution in [2.24, 2.45) is 0 Å². The van der Waals surface area contributed by atoms with Crippen molar-refractivity contribution in [1.29, 1.82) is 0 Å². The molecule has 0 fully saturated rings. The van der Waals surface area contributed by atoms with Crippen molar-refractivity contribution in [3.8, 4) is 0 Å². The lowest BCUT2D eigenvalue weighted by molar-refractivity contribution is -0.406. The maximum Gasteiger partial charge on any atom is 0.354 e. The summed E-state index contributed by atoms with van der Waals surface area (Å²) in [6.07, 6.45) is 2.09. The van der Waals surface area contributed by atoms with Gasteiger partial charge in [0.1, 0.15) is 16.6 Å². The molecule has 0 N–H and O–H groups in total. The molecule has 0 aliphatic rings. The SMILES string of the molecule is Cc1cc(C(C)(C)C)cc2c3cccc4oc5cc[n+](I)c(c12)c5c43. The van der Waals surface area contributed by atoms with Crippen molar-refractivity contribution in [3.05, 3.63) is 53.7 Å². The van der Waals surface area contributed by atoms with Gasteiger partial charge in [0.25, 0.3) is 0 Å². The zero-order valence-electron chi connectivity index (χ0n) is 14.8. The fraction of sp³-hybridized carbons (Fsp3) is 0.227. The van der Waals surface area contributed by atoms with Gasteiger partial charge in [-0.3, -0.25) is 0 Å². The van der Waals surface area contributed by atoms with Crippen LogP contribution in [0.3, 0.4) is 0 Å². The molecule has 0 saturated heterocycles. The summed E-state index contributed by atoms with van der Waals surface area (Å²) in [7, 11) is 0. The molecule has 5 rings (SSSR count). The Morgan fingerprint density at radius 3 is 2.44 bits per heavy atom. The second-order valence-electron chi connectivity index (χ2n) is 7.96. The Morgan fingerprint density at radius 1 is 0.920 bits per heavy atom. The van der Waals surface area contributed by atoms with Gasteiger partial charge in [0.05, 0.1) is 5.39 Å². The number of furan rings is 1. The van der Waals surface area contributed by atoms with Gasteiger partial charge in [0.2, 0.25) is 5.52 Å². The topological polar surface area (TPSA) is 17.0 Å². The van der Waals surface area contributed by atoms with E-state index >= 15 is 0 Å². The molecule has 3 heteroatoms. The molecule has 0 aliphatic heterocycles. The lowest BCUT2D eigenvalue weighted by Crippen LogP contribution is -2.20. The highest BCUT2D eigenvalue weighted by Gasteiger charge is 2.26. The third kappa shape index (κ3) is 1.99. The second-order valence-corrected chi connectivity index (χ2v) is 9.00. The van der Waals surface area contributed by atoms with Gasteiger partial charge in [-0.1, -0.05) is 39.0 Å². The van der Waals surface area contributed by atoms with E-state index in [0.29, 0.717) is 0 Å². The molecule has 0 atom stereocenters. The molecule has 0 aliphatic carbocycles. The van der Waals surface area contributed by atoms with Crippen molar-refractivity contribution in [1.82, 2.24) is 0 Å². The van der Waals surface area contributed by atoms with Crippen LogP contribution in [0.1, 0.15) is 31.9 Å². The van der Waals surface area contributed by atoms with E-state index in [2.05, 4.69) is 95.9 Å². The molecular formula is C22H19INO+. The minimum Gasteiger partial charge on any atom is -0.456 e. The number of hydrogen-bond acceptors (Lipinski definition) is 1. The van der Waals surface area contributed by atoms with Crippen LogP contribution in [-0.4, -0.2) is 0 Å². The standard InChI is InChI=1S/C22H19INO/c1-12-10-13(22(2,3)4)11-15-14-6-5-7-16-19(14)20-17(25-16)8-9-24(23)21(20)18(12)15/h5-11H,1-4H3/q+1. The molecule has 0 radical (unpaired) electrons. The first-order valence-corrected chi connectivity index (χ1v) is 9.54. The Labute approximate surface area is 160 Å². The van der Waals surface area contributed by atoms with Gasteiger partial charge < -0.3 is 4.42 Å². The summed E-state index contributed by atoms with van der Waals surface area (Å²) in [5.74, 6) is 0. The number of nitrogens with zero attached hydrogens (tertiary/aromatic N) is 1. The molecule has 124 valence electrons. The number of halogens is 1. The first-order valence-electron chi connectivity index (χ1n) is 8.58. The van der Waals surface area contributed by atoms with E-state index in [1.54, 1.807) is 0 Å². The van der Waals surface area contributed by atoms with E-state index in [1.807, 2.05) is 0 Å². The van der Waals surface area contributed by atoms with E-state index in [9.17, 15) is 0 Å². The van der Waals surface area contributed by atoms with Crippen LogP contribution in [0.2, 0.25) is 0 Å². The molecule has 2 aromatic heterocycles. The van der Waals surface area contributed by atoms with Crippen LogP contribution in [-0.2, 0) is 5.41 Å². The Bertz CT molecular complexity index is 1290. The molecule has 2 nitrogen and oxygen atoms in total. The second kappa shape index (κ2) is 4.85. The van der Waals surface area contributed by atoms with Gasteiger partial charge in [-0.05, 0) is 46.4 Å². The average molecular weight is 440 g/mol. The van der Waals surface area contributed by atoms with Crippen LogP contribution in [0.15, 0.2) is 47.0 Å². The molecule has 0 saturated carbocycles. The summed E-state index contributed by atoms with van der Waals surface area (Å²) in [5, 5.41) is 6.42.